The molecule has 35 heavy (non-hydrogen) atoms. The van der Waals surface area contributed by atoms with E-state index in [0.717, 1.165) is 45.6 Å². The second-order valence-electron chi connectivity index (χ2n) is 10.9. The Bertz CT molecular complexity index is 870. The van der Waals surface area contributed by atoms with E-state index in [0.29, 0.717) is 42.9 Å². The second-order valence-corrected chi connectivity index (χ2v) is 11.3. The largest absolute Gasteiger partial charge is 0.493 e. The molecule has 3 fully saturated rings. The molecule has 1 aromatic rings. The van der Waals surface area contributed by atoms with Gasteiger partial charge in [-0.1, -0.05) is 30.5 Å². The molecule has 2 heterocycles. The molecule has 1 aromatic carbocycles. The number of ether oxygens (including phenoxy) is 1. The van der Waals surface area contributed by atoms with E-state index in [2.05, 4.69) is 23.9 Å². The summed E-state index contributed by atoms with van der Waals surface area (Å²) in [7, 11) is 4.17. The Morgan fingerprint density at radius 1 is 1.06 bits per heavy atom. The SMILES string of the molecule is CN1CCN(C(=O)C[C@]2(COc3cccc(Cl)c3)CCCN(C(=O)CN(C)C3CCCC3)C2)CC1. The molecule has 7 nitrogen and oxygen atoms in total. The highest BCUT2D eigenvalue weighted by molar-refractivity contribution is 6.30. The minimum atomic E-state index is -0.400. The van der Waals surface area contributed by atoms with Gasteiger partial charge in [-0.05, 0) is 58.0 Å². The fourth-order valence-electron chi connectivity index (χ4n) is 5.80. The van der Waals surface area contributed by atoms with Crippen LogP contribution in [0.4, 0.5) is 0 Å². The first-order valence-corrected chi connectivity index (χ1v) is 13.5. The van der Waals surface area contributed by atoms with Crippen molar-refractivity contribution in [3.63, 3.8) is 0 Å². The molecule has 8 heteroatoms. The van der Waals surface area contributed by atoms with Crippen LogP contribution >= 0.6 is 11.6 Å². The Morgan fingerprint density at radius 2 is 1.80 bits per heavy atom. The molecule has 2 amide bonds. The molecule has 194 valence electrons. The molecule has 0 spiro atoms. The summed E-state index contributed by atoms with van der Waals surface area (Å²) >= 11 is 6.16. The fraction of sp³-hybridized carbons (Fsp3) is 0.704. The predicted octanol–water partition coefficient (Wildman–Crippen LogP) is 3.37. The molecule has 0 aromatic heterocycles. The summed E-state index contributed by atoms with van der Waals surface area (Å²) in [6, 6.07) is 7.90. The molecular formula is C27H41ClN4O3. The van der Waals surface area contributed by atoms with E-state index >= 15 is 0 Å². The number of halogens is 1. The number of piperazine rings is 1. The molecule has 2 saturated heterocycles. The molecule has 0 unspecified atom stereocenters. The van der Waals surface area contributed by atoms with Crippen molar-refractivity contribution in [2.45, 2.75) is 51.0 Å². The van der Waals surface area contributed by atoms with Crippen molar-refractivity contribution in [2.24, 2.45) is 5.41 Å². The number of likely N-dealkylation sites (N-methyl/N-ethyl adjacent to an activating group) is 2. The van der Waals surface area contributed by atoms with Crippen LogP contribution in [-0.2, 0) is 9.59 Å². The van der Waals surface area contributed by atoms with Crippen LogP contribution < -0.4 is 4.74 Å². The predicted molar refractivity (Wildman–Crippen MR) is 139 cm³/mol. The third-order valence-corrected chi connectivity index (χ3v) is 8.31. The minimum Gasteiger partial charge on any atom is -0.493 e. The summed E-state index contributed by atoms with van der Waals surface area (Å²) in [4.78, 5) is 35.2. The lowest BCUT2D eigenvalue weighted by molar-refractivity contribution is -0.143. The highest BCUT2D eigenvalue weighted by Crippen LogP contribution is 2.36. The third-order valence-electron chi connectivity index (χ3n) is 8.07. The lowest BCUT2D eigenvalue weighted by Crippen LogP contribution is -2.54. The van der Waals surface area contributed by atoms with Crippen molar-refractivity contribution in [3.8, 4) is 5.75 Å². The van der Waals surface area contributed by atoms with Crippen LogP contribution in [-0.4, -0.2) is 104 Å². The molecule has 3 aliphatic rings. The van der Waals surface area contributed by atoms with Gasteiger partial charge in [-0.15, -0.1) is 0 Å². The van der Waals surface area contributed by atoms with Crippen molar-refractivity contribution in [2.75, 3.05) is 66.5 Å². The zero-order chi connectivity index (χ0) is 24.8. The van der Waals surface area contributed by atoms with Gasteiger partial charge in [0.1, 0.15) is 5.75 Å². The van der Waals surface area contributed by atoms with Crippen LogP contribution in [0.3, 0.4) is 0 Å². The number of carbonyl (C=O) groups is 2. The number of benzene rings is 1. The lowest BCUT2D eigenvalue weighted by Gasteiger charge is -2.44. The van der Waals surface area contributed by atoms with Gasteiger partial charge in [0.25, 0.3) is 0 Å². The maximum atomic E-state index is 13.4. The summed E-state index contributed by atoms with van der Waals surface area (Å²) in [5.74, 6) is 1.04. The van der Waals surface area contributed by atoms with Crippen molar-refractivity contribution in [1.82, 2.24) is 19.6 Å². The summed E-state index contributed by atoms with van der Waals surface area (Å²) in [6.07, 6.45) is 7.03. The monoisotopic (exact) mass is 504 g/mol. The maximum absolute atomic E-state index is 13.4. The average Bonchev–Trinajstić information content (AvgIpc) is 3.39. The molecule has 1 saturated carbocycles. The van der Waals surface area contributed by atoms with Gasteiger partial charge in [-0.3, -0.25) is 14.5 Å². The Labute approximate surface area is 215 Å². The number of likely N-dealkylation sites (tertiary alicyclic amines) is 1. The smallest absolute Gasteiger partial charge is 0.236 e. The van der Waals surface area contributed by atoms with Crippen molar-refractivity contribution < 1.29 is 14.3 Å². The van der Waals surface area contributed by atoms with E-state index in [4.69, 9.17) is 16.3 Å². The topological polar surface area (TPSA) is 56.3 Å². The Hall–Kier alpha value is -1.83. The van der Waals surface area contributed by atoms with Crippen LogP contribution in [0.25, 0.3) is 0 Å². The Balaban J connectivity index is 1.45. The first-order valence-electron chi connectivity index (χ1n) is 13.2. The average molecular weight is 505 g/mol. The van der Waals surface area contributed by atoms with Gasteiger partial charge < -0.3 is 19.4 Å². The van der Waals surface area contributed by atoms with Gasteiger partial charge in [-0.2, -0.15) is 0 Å². The quantitative estimate of drug-likeness (QED) is 0.543. The number of piperidine rings is 1. The lowest BCUT2D eigenvalue weighted by atomic mass is 9.77. The standard InChI is InChI=1S/C27H41ClN4O3/c1-29-13-15-31(16-14-29)25(33)18-27(21-35-24-10-5-7-22(28)17-24)11-6-12-32(20-27)26(34)19-30(2)23-8-3-4-9-23/h5,7,10,17,23H,3-4,6,8-9,11-16,18-21H2,1-2H3/t27-/m1/s1. The Kier molecular flexibility index (Phi) is 8.95. The molecular weight excluding hydrogens is 464 g/mol. The van der Waals surface area contributed by atoms with Crippen LogP contribution in [0.2, 0.25) is 5.02 Å². The molecule has 2 aliphatic heterocycles. The number of nitrogens with zero attached hydrogens (tertiary/aromatic N) is 4. The highest BCUT2D eigenvalue weighted by atomic mass is 35.5. The van der Waals surface area contributed by atoms with E-state index < -0.39 is 5.41 Å². The molecule has 0 radical (unpaired) electrons. The van der Waals surface area contributed by atoms with Crippen LogP contribution in [0.5, 0.6) is 5.75 Å². The van der Waals surface area contributed by atoms with Crippen molar-refractivity contribution in [1.29, 1.82) is 0 Å². The van der Waals surface area contributed by atoms with E-state index in [1.165, 1.54) is 25.7 Å². The van der Waals surface area contributed by atoms with Gasteiger partial charge in [-0.25, -0.2) is 0 Å². The van der Waals surface area contributed by atoms with Gasteiger partial charge in [0.2, 0.25) is 11.8 Å². The zero-order valence-electron chi connectivity index (χ0n) is 21.4. The fourth-order valence-corrected chi connectivity index (χ4v) is 5.98. The van der Waals surface area contributed by atoms with E-state index in [9.17, 15) is 9.59 Å². The summed E-state index contributed by atoms with van der Waals surface area (Å²) in [5, 5.41) is 0.625. The third kappa shape index (κ3) is 7.11. The van der Waals surface area contributed by atoms with Crippen molar-refractivity contribution in [3.05, 3.63) is 29.3 Å². The van der Waals surface area contributed by atoms with Crippen LogP contribution in [0.1, 0.15) is 44.9 Å². The molecule has 0 N–H and O–H groups in total. The number of hydrogen-bond acceptors (Lipinski definition) is 5. The molecule has 1 atom stereocenters. The van der Waals surface area contributed by atoms with Gasteiger partial charge in [0, 0.05) is 62.2 Å². The summed E-state index contributed by atoms with van der Waals surface area (Å²) < 4.78 is 6.21. The normalized spacial score (nSPS) is 24.2. The number of carbonyl (C=O) groups excluding carboxylic acids is 2. The second kappa shape index (κ2) is 11.9. The van der Waals surface area contributed by atoms with Gasteiger partial charge in [0.15, 0.2) is 0 Å². The number of rotatable bonds is 8. The zero-order valence-corrected chi connectivity index (χ0v) is 22.1. The van der Waals surface area contributed by atoms with Crippen LogP contribution in [0, 0.1) is 5.41 Å². The number of amides is 2. The van der Waals surface area contributed by atoms with Crippen LogP contribution in [0.15, 0.2) is 24.3 Å². The summed E-state index contributed by atoms with van der Waals surface area (Å²) in [6.45, 7) is 5.47. The maximum Gasteiger partial charge on any atom is 0.236 e. The van der Waals surface area contributed by atoms with E-state index in [-0.39, 0.29) is 11.8 Å². The molecule has 4 rings (SSSR count). The van der Waals surface area contributed by atoms with E-state index in [1.54, 1.807) is 6.07 Å². The molecule has 1 aliphatic carbocycles. The van der Waals surface area contributed by atoms with Gasteiger partial charge in [0.05, 0.1) is 13.2 Å². The minimum absolute atomic E-state index is 0.165. The van der Waals surface area contributed by atoms with Gasteiger partial charge >= 0.3 is 0 Å². The highest BCUT2D eigenvalue weighted by Gasteiger charge is 2.41. The molecule has 0 bridgehead atoms. The Morgan fingerprint density at radius 3 is 2.51 bits per heavy atom. The van der Waals surface area contributed by atoms with Crippen molar-refractivity contribution >= 4 is 23.4 Å². The summed E-state index contributed by atoms with van der Waals surface area (Å²) in [5.41, 5.74) is -0.400. The first kappa shape index (κ1) is 26.2. The number of hydrogen-bond donors (Lipinski definition) is 0. The first-order chi connectivity index (χ1) is 16.8. The van der Waals surface area contributed by atoms with E-state index in [1.807, 2.05) is 28.0 Å².